The third-order valence-electron chi connectivity index (χ3n) is 3.15. The van der Waals surface area contributed by atoms with Crippen molar-refractivity contribution in [3.05, 3.63) is 63.6 Å². The summed E-state index contributed by atoms with van der Waals surface area (Å²) >= 11 is 3.35. The lowest BCUT2D eigenvalue weighted by Gasteiger charge is -2.10. The van der Waals surface area contributed by atoms with Gasteiger partial charge in [0.2, 0.25) is 0 Å². The number of ketones is 1. The Hall–Kier alpha value is -2.08. The largest absolute Gasteiger partial charge is 0.489 e. The third-order valence-corrected chi connectivity index (χ3v) is 3.64. The molecule has 0 atom stereocenters. The van der Waals surface area contributed by atoms with Crippen LogP contribution in [-0.4, -0.2) is 12.1 Å². The van der Waals surface area contributed by atoms with Crippen molar-refractivity contribution in [2.75, 3.05) is 0 Å². The number of ether oxygens (including phenoxy) is 1. The van der Waals surface area contributed by atoms with Gasteiger partial charge in [-0.15, -0.1) is 0 Å². The molecule has 0 spiro atoms. The molecule has 0 saturated carbocycles. The van der Waals surface area contributed by atoms with Crippen LogP contribution in [0.4, 0.5) is 8.78 Å². The SMILES string of the molecule is CC(=O)CCC=O.Cc1cc(Br)ccc1OCc1ccc(F)cc1F. The van der Waals surface area contributed by atoms with Gasteiger partial charge in [0.25, 0.3) is 0 Å². The molecule has 6 heteroatoms. The van der Waals surface area contributed by atoms with Crippen molar-refractivity contribution >= 4 is 28.0 Å². The maximum absolute atomic E-state index is 13.4. The first-order valence-corrected chi connectivity index (χ1v) is 8.38. The van der Waals surface area contributed by atoms with Gasteiger partial charge in [-0.25, -0.2) is 8.78 Å². The molecule has 2 aromatic rings. The summed E-state index contributed by atoms with van der Waals surface area (Å²) in [4.78, 5) is 19.6. The number of carbonyl (C=O) groups excluding carboxylic acids is 2. The van der Waals surface area contributed by atoms with E-state index in [4.69, 9.17) is 4.74 Å². The minimum Gasteiger partial charge on any atom is -0.489 e. The lowest BCUT2D eigenvalue weighted by molar-refractivity contribution is -0.118. The van der Waals surface area contributed by atoms with Crippen molar-refractivity contribution in [3.8, 4) is 5.75 Å². The average Bonchev–Trinajstić information content (AvgIpc) is 2.54. The zero-order chi connectivity index (χ0) is 18.8. The molecule has 0 amide bonds. The number of Topliss-reactive ketones (excluding diaryl/α,β-unsaturated/α-hetero) is 1. The summed E-state index contributed by atoms with van der Waals surface area (Å²) in [6.07, 6.45) is 1.51. The number of benzene rings is 2. The second kappa shape index (κ2) is 10.7. The van der Waals surface area contributed by atoms with Crippen molar-refractivity contribution in [2.45, 2.75) is 33.3 Å². The number of aryl methyl sites for hydroxylation is 1. The quantitative estimate of drug-likeness (QED) is 0.614. The molecule has 0 aromatic heterocycles. The average molecular weight is 413 g/mol. The molecule has 2 aromatic carbocycles. The molecule has 25 heavy (non-hydrogen) atoms. The summed E-state index contributed by atoms with van der Waals surface area (Å²) in [5.74, 6) is -0.421. The van der Waals surface area contributed by atoms with E-state index in [1.807, 2.05) is 19.1 Å². The maximum atomic E-state index is 13.4. The fourth-order valence-corrected chi connectivity index (χ4v) is 2.31. The second-order valence-corrected chi connectivity index (χ2v) is 6.26. The van der Waals surface area contributed by atoms with E-state index in [1.165, 1.54) is 19.1 Å². The fraction of sp³-hybridized carbons (Fsp3) is 0.263. The van der Waals surface area contributed by atoms with Crippen molar-refractivity contribution < 1.29 is 23.1 Å². The Morgan fingerprint density at radius 1 is 1.20 bits per heavy atom. The van der Waals surface area contributed by atoms with Crippen molar-refractivity contribution in [1.82, 2.24) is 0 Å². The minimum atomic E-state index is -0.593. The molecule has 0 unspecified atom stereocenters. The number of rotatable bonds is 6. The maximum Gasteiger partial charge on any atom is 0.132 e. The van der Waals surface area contributed by atoms with Gasteiger partial charge in [0.1, 0.15) is 36.1 Å². The molecular formula is C19H19BrF2O3. The van der Waals surface area contributed by atoms with Crippen LogP contribution in [-0.2, 0) is 16.2 Å². The molecule has 0 aliphatic heterocycles. The number of hydrogen-bond acceptors (Lipinski definition) is 3. The Kier molecular flexibility index (Phi) is 8.99. The Morgan fingerprint density at radius 2 is 1.92 bits per heavy atom. The molecule has 0 radical (unpaired) electrons. The van der Waals surface area contributed by atoms with Crippen LogP contribution in [0.25, 0.3) is 0 Å². The van der Waals surface area contributed by atoms with Gasteiger partial charge in [0.15, 0.2) is 0 Å². The Bertz CT molecular complexity index is 681. The third kappa shape index (κ3) is 8.03. The summed E-state index contributed by atoms with van der Waals surface area (Å²) in [6, 6.07) is 9.03. The zero-order valence-corrected chi connectivity index (χ0v) is 15.6. The van der Waals surface area contributed by atoms with Gasteiger partial charge in [-0.3, -0.25) is 0 Å². The number of aldehydes is 1. The first kappa shape index (κ1) is 21.0. The predicted molar refractivity (Wildman–Crippen MR) is 95.5 cm³/mol. The predicted octanol–water partition coefficient (Wildman–Crippen LogP) is 5.17. The van der Waals surface area contributed by atoms with Gasteiger partial charge in [-0.2, -0.15) is 0 Å². The van der Waals surface area contributed by atoms with E-state index in [-0.39, 0.29) is 12.4 Å². The Labute approximate surface area is 154 Å². The summed E-state index contributed by atoms with van der Waals surface area (Å²) in [5, 5.41) is 0. The van der Waals surface area contributed by atoms with E-state index < -0.39 is 11.6 Å². The molecule has 0 bridgehead atoms. The topological polar surface area (TPSA) is 43.4 Å². The standard InChI is InChI=1S/C14H11BrF2O.C5H8O2/c1-9-6-11(15)3-5-14(9)18-8-10-2-4-12(16)7-13(10)17;1-5(7)3-2-4-6/h2-7H,8H2,1H3;4H,2-3H2,1H3. The van der Waals surface area contributed by atoms with E-state index in [0.29, 0.717) is 24.2 Å². The van der Waals surface area contributed by atoms with Crippen LogP contribution in [0.2, 0.25) is 0 Å². The molecule has 0 heterocycles. The Morgan fingerprint density at radius 3 is 2.44 bits per heavy atom. The van der Waals surface area contributed by atoms with Crippen LogP contribution >= 0.6 is 15.9 Å². The van der Waals surface area contributed by atoms with Gasteiger partial charge < -0.3 is 14.3 Å². The monoisotopic (exact) mass is 412 g/mol. The number of halogens is 3. The number of carbonyl (C=O) groups is 2. The van der Waals surface area contributed by atoms with E-state index in [1.54, 1.807) is 6.07 Å². The van der Waals surface area contributed by atoms with E-state index in [0.717, 1.165) is 22.4 Å². The minimum absolute atomic E-state index is 0.0760. The summed E-state index contributed by atoms with van der Waals surface area (Å²) < 4.78 is 32.6. The highest BCUT2D eigenvalue weighted by atomic mass is 79.9. The van der Waals surface area contributed by atoms with Crippen LogP contribution in [0, 0.1) is 18.6 Å². The van der Waals surface area contributed by atoms with Crippen LogP contribution in [0.1, 0.15) is 30.9 Å². The number of hydrogen-bond donors (Lipinski definition) is 0. The fourth-order valence-electron chi connectivity index (χ4n) is 1.83. The highest BCUT2D eigenvalue weighted by Gasteiger charge is 2.06. The van der Waals surface area contributed by atoms with Gasteiger partial charge in [0, 0.05) is 28.9 Å². The van der Waals surface area contributed by atoms with Gasteiger partial charge >= 0.3 is 0 Å². The highest BCUT2D eigenvalue weighted by molar-refractivity contribution is 9.10. The van der Waals surface area contributed by atoms with Crippen LogP contribution in [0.3, 0.4) is 0 Å². The van der Waals surface area contributed by atoms with E-state index in [2.05, 4.69) is 15.9 Å². The molecule has 0 fully saturated rings. The smallest absolute Gasteiger partial charge is 0.132 e. The zero-order valence-electron chi connectivity index (χ0n) is 14.0. The molecule has 2 rings (SSSR count). The van der Waals surface area contributed by atoms with Crippen molar-refractivity contribution in [3.63, 3.8) is 0 Å². The molecule has 0 aliphatic carbocycles. The summed E-state index contributed by atoms with van der Waals surface area (Å²) in [6.45, 7) is 3.46. The normalized spacial score (nSPS) is 9.80. The van der Waals surface area contributed by atoms with Crippen LogP contribution in [0.5, 0.6) is 5.75 Å². The molecule has 3 nitrogen and oxygen atoms in total. The lowest BCUT2D eigenvalue weighted by atomic mass is 10.2. The second-order valence-electron chi connectivity index (χ2n) is 5.34. The lowest BCUT2D eigenvalue weighted by Crippen LogP contribution is -2.00. The van der Waals surface area contributed by atoms with Crippen LogP contribution < -0.4 is 4.74 Å². The van der Waals surface area contributed by atoms with E-state index >= 15 is 0 Å². The van der Waals surface area contributed by atoms with Gasteiger partial charge in [-0.1, -0.05) is 15.9 Å². The molecule has 0 aliphatic rings. The molecule has 134 valence electrons. The Balaban J connectivity index is 0.000000381. The molecule has 0 saturated heterocycles. The molecule has 0 N–H and O–H groups in total. The van der Waals surface area contributed by atoms with Crippen LogP contribution in [0.15, 0.2) is 40.9 Å². The van der Waals surface area contributed by atoms with Gasteiger partial charge in [-0.05, 0) is 49.7 Å². The molecular weight excluding hydrogens is 394 g/mol. The first-order valence-electron chi connectivity index (χ1n) is 7.59. The van der Waals surface area contributed by atoms with Crippen molar-refractivity contribution in [1.29, 1.82) is 0 Å². The summed E-state index contributed by atoms with van der Waals surface area (Å²) in [5.41, 5.74) is 1.28. The highest BCUT2D eigenvalue weighted by Crippen LogP contribution is 2.23. The van der Waals surface area contributed by atoms with E-state index in [9.17, 15) is 18.4 Å². The van der Waals surface area contributed by atoms with Crippen molar-refractivity contribution in [2.24, 2.45) is 0 Å². The first-order chi connectivity index (χ1) is 11.8. The summed E-state index contributed by atoms with van der Waals surface area (Å²) in [7, 11) is 0. The van der Waals surface area contributed by atoms with Gasteiger partial charge in [0.05, 0.1) is 0 Å².